The van der Waals surface area contributed by atoms with Gasteiger partial charge in [0.2, 0.25) is 11.8 Å². The van der Waals surface area contributed by atoms with E-state index in [1.807, 2.05) is 80.3 Å². The predicted molar refractivity (Wildman–Crippen MR) is 107 cm³/mol. The Balaban J connectivity index is 1.87. The lowest BCUT2D eigenvalue weighted by molar-refractivity contribution is -0.130. The summed E-state index contributed by atoms with van der Waals surface area (Å²) in [4.78, 5) is 14.9. The Kier molecular flexibility index (Phi) is 6.29. The Labute approximate surface area is 163 Å². The van der Waals surface area contributed by atoms with Gasteiger partial charge in [0.05, 0.1) is 0 Å². The van der Waals surface area contributed by atoms with E-state index in [4.69, 9.17) is 4.42 Å². The van der Waals surface area contributed by atoms with Crippen molar-refractivity contribution in [3.8, 4) is 11.5 Å². The highest BCUT2D eigenvalue weighted by Gasteiger charge is 2.28. The monoisotopic (exact) mass is 381 g/mol. The van der Waals surface area contributed by atoms with Crippen molar-refractivity contribution < 1.29 is 9.21 Å². The highest BCUT2D eigenvalue weighted by atomic mass is 32.2. The first-order valence-electron chi connectivity index (χ1n) is 9.03. The molecule has 1 atom stereocenters. The summed E-state index contributed by atoms with van der Waals surface area (Å²) in [5.74, 6) is 0.509. The number of thioether (sulfide) groups is 1. The van der Waals surface area contributed by atoms with Crippen molar-refractivity contribution >= 4 is 17.7 Å². The molecule has 5 nitrogen and oxygen atoms in total. The number of likely N-dealkylation sites (N-methyl/N-ethyl adjacent to an activating group) is 1. The smallest absolute Gasteiger partial charge is 0.277 e. The molecule has 6 heteroatoms. The van der Waals surface area contributed by atoms with Gasteiger partial charge in [-0.2, -0.15) is 0 Å². The van der Waals surface area contributed by atoms with E-state index in [-0.39, 0.29) is 5.91 Å². The van der Waals surface area contributed by atoms with Crippen LogP contribution in [0.1, 0.15) is 30.2 Å². The molecule has 1 unspecified atom stereocenters. The molecule has 27 heavy (non-hydrogen) atoms. The number of aryl methyl sites for hydroxylation is 1. The highest BCUT2D eigenvalue weighted by molar-refractivity contribution is 8.00. The van der Waals surface area contributed by atoms with Gasteiger partial charge in [0.1, 0.15) is 5.25 Å². The molecule has 0 radical (unpaired) electrons. The Morgan fingerprint density at radius 3 is 2.48 bits per heavy atom. The Bertz CT molecular complexity index is 891. The van der Waals surface area contributed by atoms with Crippen LogP contribution in [0.25, 0.3) is 11.5 Å². The van der Waals surface area contributed by atoms with Crippen LogP contribution in [0.15, 0.2) is 64.2 Å². The van der Waals surface area contributed by atoms with Crippen LogP contribution in [0.5, 0.6) is 0 Å². The fourth-order valence-electron chi connectivity index (χ4n) is 2.84. The second kappa shape index (κ2) is 8.86. The van der Waals surface area contributed by atoms with Gasteiger partial charge >= 0.3 is 0 Å². The number of hydrogen-bond acceptors (Lipinski definition) is 5. The zero-order valence-corrected chi connectivity index (χ0v) is 16.6. The standard InChI is InChI=1S/C21H23N3O2S/c1-4-24(5-2)20(25)18(16-11-7-6-8-12-16)27-21-23-22-19(26-21)17-13-9-10-15(3)14-17/h6-14,18H,4-5H2,1-3H3. The van der Waals surface area contributed by atoms with Gasteiger partial charge in [-0.1, -0.05) is 48.0 Å². The summed E-state index contributed by atoms with van der Waals surface area (Å²) < 4.78 is 5.84. The molecule has 1 heterocycles. The van der Waals surface area contributed by atoms with E-state index in [0.29, 0.717) is 24.2 Å². The first kappa shape index (κ1) is 19.2. The fraction of sp³-hybridized carbons (Fsp3) is 0.286. The molecular weight excluding hydrogens is 358 g/mol. The Morgan fingerprint density at radius 2 is 1.81 bits per heavy atom. The summed E-state index contributed by atoms with van der Waals surface area (Å²) in [6.45, 7) is 7.31. The van der Waals surface area contributed by atoms with Crippen LogP contribution in [0, 0.1) is 6.92 Å². The van der Waals surface area contributed by atoms with Crippen molar-refractivity contribution in [1.82, 2.24) is 15.1 Å². The minimum atomic E-state index is -0.420. The van der Waals surface area contributed by atoms with E-state index in [1.165, 1.54) is 11.8 Å². The minimum Gasteiger partial charge on any atom is -0.411 e. The zero-order valence-electron chi connectivity index (χ0n) is 15.8. The van der Waals surface area contributed by atoms with Gasteiger partial charge in [0.15, 0.2) is 0 Å². The van der Waals surface area contributed by atoms with Crippen molar-refractivity contribution in [3.05, 3.63) is 65.7 Å². The van der Waals surface area contributed by atoms with Gasteiger partial charge in [0.25, 0.3) is 5.22 Å². The number of carbonyl (C=O) groups excluding carboxylic acids is 1. The summed E-state index contributed by atoms with van der Waals surface area (Å²) in [6, 6.07) is 17.6. The van der Waals surface area contributed by atoms with Crippen LogP contribution in [-0.2, 0) is 4.79 Å². The fourth-order valence-corrected chi connectivity index (χ4v) is 3.80. The van der Waals surface area contributed by atoms with Crippen LogP contribution >= 0.6 is 11.8 Å². The zero-order chi connectivity index (χ0) is 19.2. The normalized spacial score (nSPS) is 12.0. The summed E-state index contributed by atoms with van der Waals surface area (Å²) in [6.07, 6.45) is 0. The molecule has 0 aliphatic heterocycles. The van der Waals surface area contributed by atoms with E-state index in [0.717, 1.165) is 16.7 Å². The van der Waals surface area contributed by atoms with E-state index in [1.54, 1.807) is 0 Å². The predicted octanol–water partition coefficient (Wildman–Crippen LogP) is 4.75. The molecule has 1 aromatic heterocycles. The quantitative estimate of drug-likeness (QED) is 0.553. The summed E-state index contributed by atoms with van der Waals surface area (Å²) in [7, 11) is 0. The number of carbonyl (C=O) groups is 1. The van der Waals surface area contributed by atoms with Crippen LogP contribution in [0.2, 0.25) is 0 Å². The summed E-state index contributed by atoms with van der Waals surface area (Å²) in [5, 5.41) is 8.28. The lowest BCUT2D eigenvalue weighted by atomic mass is 10.1. The summed E-state index contributed by atoms with van der Waals surface area (Å²) in [5.41, 5.74) is 2.93. The van der Waals surface area contributed by atoms with E-state index < -0.39 is 5.25 Å². The van der Waals surface area contributed by atoms with Gasteiger partial charge in [-0.15, -0.1) is 10.2 Å². The maximum Gasteiger partial charge on any atom is 0.277 e. The Morgan fingerprint density at radius 1 is 1.07 bits per heavy atom. The molecule has 140 valence electrons. The van der Waals surface area contributed by atoms with Gasteiger partial charge in [-0.25, -0.2) is 0 Å². The summed E-state index contributed by atoms with van der Waals surface area (Å²) >= 11 is 1.30. The van der Waals surface area contributed by atoms with E-state index in [9.17, 15) is 4.79 Å². The SMILES string of the molecule is CCN(CC)C(=O)C(Sc1nnc(-c2cccc(C)c2)o1)c1ccccc1. The molecule has 0 saturated heterocycles. The molecule has 0 fully saturated rings. The first-order valence-corrected chi connectivity index (χ1v) is 9.91. The number of benzene rings is 2. The molecule has 0 bridgehead atoms. The number of rotatable bonds is 7. The molecular formula is C21H23N3O2S. The molecule has 0 aliphatic rings. The van der Waals surface area contributed by atoms with Crippen LogP contribution < -0.4 is 0 Å². The number of nitrogens with zero attached hydrogens (tertiary/aromatic N) is 3. The number of aromatic nitrogens is 2. The van der Waals surface area contributed by atoms with Gasteiger partial charge in [-0.3, -0.25) is 4.79 Å². The van der Waals surface area contributed by atoms with Crippen LogP contribution in [0.3, 0.4) is 0 Å². The van der Waals surface area contributed by atoms with E-state index in [2.05, 4.69) is 10.2 Å². The number of amides is 1. The average molecular weight is 382 g/mol. The van der Waals surface area contributed by atoms with Crippen LogP contribution in [0.4, 0.5) is 0 Å². The van der Waals surface area contributed by atoms with Crippen LogP contribution in [-0.4, -0.2) is 34.1 Å². The molecule has 3 aromatic rings. The minimum absolute atomic E-state index is 0.0477. The molecule has 0 spiro atoms. The lowest BCUT2D eigenvalue weighted by Gasteiger charge is -2.24. The van der Waals surface area contributed by atoms with Gasteiger partial charge in [0, 0.05) is 18.7 Å². The highest BCUT2D eigenvalue weighted by Crippen LogP contribution is 2.37. The number of hydrogen-bond donors (Lipinski definition) is 0. The third kappa shape index (κ3) is 4.57. The van der Waals surface area contributed by atoms with Crippen molar-refractivity contribution in [2.45, 2.75) is 31.2 Å². The average Bonchev–Trinajstić information content (AvgIpc) is 3.16. The molecule has 0 saturated carbocycles. The molecule has 2 aromatic carbocycles. The van der Waals surface area contributed by atoms with Crippen molar-refractivity contribution in [1.29, 1.82) is 0 Å². The third-order valence-corrected chi connectivity index (χ3v) is 5.37. The third-order valence-electron chi connectivity index (χ3n) is 4.29. The Hall–Kier alpha value is -2.60. The second-order valence-corrected chi connectivity index (χ2v) is 7.22. The van der Waals surface area contributed by atoms with Gasteiger partial charge in [-0.05, 0) is 50.2 Å². The van der Waals surface area contributed by atoms with E-state index >= 15 is 0 Å². The molecule has 0 aliphatic carbocycles. The molecule has 0 N–H and O–H groups in total. The first-order chi connectivity index (χ1) is 13.1. The second-order valence-electron chi connectivity index (χ2n) is 6.16. The van der Waals surface area contributed by atoms with Crippen molar-refractivity contribution in [3.63, 3.8) is 0 Å². The largest absolute Gasteiger partial charge is 0.411 e. The van der Waals surface area contributed by atoms with Gasteiger partial charge < -0.3 is 9.32 Å². The maximum atomic E-state index is 13.0. The topological polar surface area (TPSA) is 59.2 Å². The molecule has 1 amide bonds. The lowest BCUT2D eigenvalue weighted by Crippen LogP contribution is -2.33. The van der Waals surface area contributed by atoms with Crippen molar-refractivity contribution in [2.75, 3.05) is 13.1 Å². The molecule has 3 rings (SSSR count). The van der Waals surface area contributed by atoms with Crippen molar-refractivity contribution in [2.24, 2.45) is 0 Å². The maximum absolute atomic E-state index is 13.0.